The van der Waals surface area contributed by atoms with Gasteiger partial charge in [-0.1, -0.05) is 42.8 Å². The molecule has 0 radical (unpaired) electrons. The van der Waals surface area contributed by atoms with Gasteiger partial charge in [-0.2, -0.15) is 0 Å². The summed E-state index contributed by atoms with van der Waals surface area (Å²) in [6.45, 7) is 4.31. The number of aromatic nitrogens is 2. The van der Waals surface area contributed by atoms with Gasteiger partial charge in [0.05, 0.1) is 0 Å². The molecule has 86 valence electrons. The van der Waals surface area contributed by atoms with Crippen LogP contribution in [0.4, 0.5) is 12.0 Å². The zero-order valence-corrected chi connectivity index (χ0v) is 9.49. The van der Waals surface area contributed by atoms with Crippen molar-refractivity contribution < 1.29 is 4.42 Å². The Bertz CT molecular complexity index is 274. The summed E-state index contributed by atoms with van der Waals surface area (Å²) >= 11 is 0. The summed E-state index contributed by atoms with van der Waals surface area (Å²) in [6, 6.07) is 0.868. The van der Waals surface area contributed by atoms with Crippen LogP contribution in [-0.2, 0) is 0 Å². The van der Waals surface area contributed by atoms with Gasteiger partial charge >= 0.3 is 12.0 Å². The minimum absolute atomic E-state index is 0.107. The molecule has 5 nitrogen and oxygen atoms in total. The predicted octanol–water partition coefficient (Wildman–Crippen LogP) is 2.42. The van der Waals surface area contributed by atoms with Gasteiger partial charge in [-0.15, -0.1) is 0 Å². The van der Waals surface area contributed by atoms with E-state index in [1.165, 1.54) is 25.7 Å². The molecular weight excluding hydrogens is 192 g/mol. The molecule has 0 bridgehead atoms. The number of rotatable bonds is 7. The van der Waals surface area contributed by atoms with E-state index in [2.05, 4.69) is 29.4 Å². The Kier molecular flexibility index (Phi) is 4.93. The highest BCUT2D eigenvalue weighted by atomic mass is 16.4. The molecule has 0 spiro atoms. The highest BCUT2D eigenvalue weighted by molar-refractivity contribution is 5.23. The second-order valence-electron chi connectivity index (χ2n) is 3.84. The van der Waals surface area contributed by atoms with E-state index >= 15 is 0 Å². The van der Waals surface area contributed by atoms with Crippen molar-refractivity contribution in [3.63, 3.8) is 0 Å². The van der Waals surface area contributed by atoms with E-state index in [1.807, 2.05) is 0 Å². The molecule has 1 aromatic heterocycles. The van der Waals surface area contributed by atoms with Crippen molar-refractivity contribution in [2.75, 3.05) is 11.1 Å². The third kappa shape index (κ3) is 4.67. The first kappa shape index (κ1) is 11.8. The summed E-state index contributed by atoms with van der Waals surface area (Å²) in [6.07, 6.45) is 6.20. The minimum Gasteiger partial charge on any atom is -0.390 e. The van der Waals surface area contributed by atoms with E-state index < -0.39 is 0 Å². The van der Waals surface area contributed by atoms with Crippen molar-refractivity contribution in [2.24, 2.45) is 0 Å². The zero-order chi connectivity index (χ0) is 11.1. The van der Waals surface area contributed by atoms with E-state index in [1.54, 1.807) is 0 Å². The lowest BCUT2D eigenvalue weighted by Crippen LogP contribution is -2.15. The maximum atomic E-state index is 5.31. The maximum absolute atomic E-state index is 5.31. The number of nitrogen functional groups attached to an aromatic ring is 1. The molecule has 0 aliphatic carbocycles. The first-order valence-electron chi connectivity index (χ1n) is 5.58. The van der Waals surface area contributed by atoms with Crippen molar-refractivity contribution in [3.8, 4) is 0 Å². The summed E-state index contributed by atoms with van der Waals surface area (Å²) in [5, 5.41) is 10.4. The van der Waals surface area contributed by atoms with Crippen molar-refractivity contribution in [1.29, 1.82) is 0 Å². The maximum Gasteiger partial charge on any atom is 0.317 e. The molecule has 0 saturated carbocycles. The summed E-state index contributed by atoms with van der Waals surface area (Å²) < 4.78 is 5.03. The van der Waals surface area contributed by atoms with E-state index in [4.69, 9.17) is 10.2 Å². The van der Waals surface area contributed by atoms with Gasteiger partial charge in [0.2, 0.25) is 0 Å². The van der Waals surface area contributed by atoms with Gasteiger partial charge in [0.15, 0.2) is 0 Å². The predicted molar refractivity (Wildman–Crippen MR) is 60.6 cm³/mol. The third-order valence-corrected chi connectivity index (χ3v) is 2.30. The van der Waals surface area contributed by atoms with Crippen molar-refractivity contribution in [3.05, 3.63) is 0 Å². The lowest BCUT2D eigenvalue weighted by molar-refractivity contribution is 0.550. The van der Waals surface area contributed by atoms with Gasteiger partial charge in [-0.3, -0.25) is 0 Å². The van der Waals surface area contributed by atoms with Gasteiger partial charge in [0.1, 0.15) is 0 Å². The zero-order valence-electron chi connectivity index (χ0n) is 9.49. The van der Waals surface area contributed by atoms with Gasteiger partial charge in [0, 0.05) is 6.04 Å². The Morgan fingerprint density at radius 3 is 2.73 bits per heavy atom. The fourth-order valence-electron chi connectivity index (χ4n) is 1.45. The van der Waals surface area contributed by atoms with E-state index in [-0.39, 0.29) is 6.01 Å². The van der Waals surface area contributed by atoms with Crippen LogP contribution in [0.5, 0.6) is 0 Å². The molecule has 0 saturated heterocycles. The molecule has 0 aromatic carbocycles. The van der Waals surface area contributed by atoms with Crippen LogP contribution in [0.2, 0.25) is 0 Å². The third-order valence-electron chi connectivity index (χ3n) is 2.30. The van der Waals surface area contributed by atoms with Crippen LogP contribution in [0.1, 0.15) is 46.0 Å². The number of nitrogens with zero attached hydrogens (tertiary/aromatic N) is 2. The molecule has 1 aromatic rings. The minimum atomic E-state index is 0.107. The topological polar surface area (TPSA) is 77.0 Å². The number of hydrogen-bond donors (Lipinski definition) is 2. The molecule has 1 heterocycles. The molecule has 0 amide bonds. The van der Waals surface area contributed by atoms with Crippen molar-refractivity contribution in [2.45, 2.75) is 52.0 Å². The Balaban J connectivity index is 2.15. The van der Waals surface area contributed by atoms with E-state index in [0.29, 0.717) is 12.1 Å². The fraction of sp³-hybridized carbons (Fsp3) is 0.800. The number of nitrogens with one attached hydrogen (secondary N) is 1. The molecule has 5 heteroatoms. The molecular formula is C10H20N4O. The Hall–Kier alpha value is -1.26. The monoisotopic (exact) mass is 212 g/mol. The molecule has 1 rings (SSSR count). The fourth-order valence-corrected chi connectivity index (χ4v) is 1.45. The van der Waals surface area contributed by atoms with E-state index in [0.717, 1.165) is 6.42 Å². The molecule has 0 fully saturated rings. The van der Waals surface area contributed by atoms with Crippen LogP contribution >= 0.6 is 0 Å². The lowest BCUT2D eigenvalue weighted by atomic mass is 10.1. The average molecular weight is 212 g/mol. The number of anilines is 2. The van der Waals surface area contributed by atoms with Crippen LogP contribution in [0, 0.1) is 0 Å². The summed E-state index contributed by atoms with van der Waals surface area (Å²) in [5.74, 6) is 0. The number of unbranched alkanes of at least 4 members (excludes halogenated alkanes) is 3. The summed E-state index contributed by atoms with van der Waals surface area (Å²) in [7, 11) is 0. The quantitative estimate of drug-likeness (QED) is 0.679. The van der Waals surface area contributed by atoms with Crippen molar-refractivity contribution in [1.82, 2.24) is 10.2 Å². The highest BCUT2D eigenvalue weighted by Gasteiger charge is 2.06. The van der Waals surface area contributed by atoms with Crippen LogP contribution in [0.15, 0.2) is 4.42 Å². The molecule has 15 heavy (non-hydrogen) atoms. The van der Waals surface area contributed by atoms with Gasteiger partial charge in [-0.05, 0) is 13.3 Å². The second kappa shape index (κ2) is 6.27. The highest BCUT2D eigenvalue weighted by Crippen LogP contribution is 2.11. The first-order chi connectivity index (χ1) is 7.22. The standard InChI is InChI=1S/C10H20N4O/c1-3-4-5-6-7-8(2)12-10-14-13-9(11)15-10/h8H,3-7H2,1-2H3,(H2,11,13)(H,12,14). The van der Waals surface area contributed by atoms with Gasteiger partial charge < -0.3 is 15.5 Å². The van der Waals surface area contributed by atoms with E-state index in [9.17, 15) is 0 Å². The number of hydrogen-bond acceptors (Lipinski definition) is 5. The number of nitrogens with two attached hydrogens (primary N) is 1. The molecule has 1 atom stereocenters. The Labute approximate surface area is 90.4 Å². The molecule has 0 aliphatic rings. The van der Waals surface area contributed by atoms with Crippen LogP contribution in [0.3, 0.4) is 0 Å². The Morgan fingerprint density at radius 2 is 2.13 bits per heavy atom. The largest absolute Gasteiger partial charge is 0.390 e. The van der Waals surface area contributed by atoms with Gasteiger partial charge in [0.25, 0.3) is 0 Å². The van der Waals surface area contributed by atoms with Crippen LogP contribution < -0.4 is 11.1 Å². The first-order valence-corrected chi connectivity index (χ1v) is 5.58. The van der Waals surface area contributed by atoms with Crippen LogP contribution in [-0.4, -0.2) is 16.2 Å². The van der Waals surface area contributed by atoms with Crippen molar-refractivity contribution >= 4 is 12.0 Å². The molecule has 3 N–H and O–H groups in total. The Morgan fingerprint density at radius 1 is 1.33 bits per heavy atom. The molecule has 0 aliphatic heterocycles. The lowest BCUT2D eigenvalue weighted by Gasteiger charge is -2.10. The second-order valence-corrected chi connectivity index (χ2v) is 3.84. The average Bonchev–Trinajstić information content (AvgIpc) is 2.59. The molecule has 1 unspecified atom stereocenters. The normalized spacial score (nSPS) is 12.7. The van der Waals surface area contributed by atoms with Crippen LogP contribution in [0.25, 0.3) is 0 Å². The smallest absolute Gasteiger partial charge is 0.317 e. The SMILES string of the molecule is CCCCCCC(C)Nc1nnc(N)o1. The van der Waals surface area contributed by atoms with Gasteiger partial charge in [-0.25, -0.2) is 0 Å². The summed E-state index contributed by atoms with van der Waals surface area (Å²) in [4.78, 5) is 0. The summed E-state index contributed by atoms with van der Waals surface area (Å²) in [5.41, 5.74) is 5.31.